The molecule has 22 heavy (non-hydrogen) atoms. The van der Waals surface area contributed by atoms with Gasteiger partial charge in [0, 0.05) is 23.9 Å². The molecular weight excluding hydrogens is 437 g/mol. The Kier molecular flexibility index (Phi) is 10.8. The molecule has 0 aromatic heterocycles. The summed E-state index contributed by atoms with van der Waals surface area (Å²) in [5.41, 5.74) is 1.04. The van der Waals surface area contributed by atoms with Gasteiger partial charge in [-0.1, -0.05) is 30.7 Å². The van der Waals surface area contributed by atoms with Gasteiger partial charge in [0.05, 0.1) is 12.3 Å². The van der Waals surface area contributed by atoms with Crippen LogP contribution in [0.3, 0.4) is 0 Å². The zero-order valence-corrected chi connectivity index (χ0v) is 16.7. The summed E-state index contributed by atoms with van der Waals surface area (Å²) in [6, 6.07) is 7.47. The fourth-order valence-corrected chi connectivity index (χ4v) is 2.40. The molecule has 0 spiro atoms. The number of rotatable bonds is 7. The molecule has 8 heteroatoms. The summed E-state index contributed by atoms with van der Waals surface area (Å²) in [6.45, 7) is 5.18. The molecule has 0 saturated carbocycles. The average molecular weight is 460 g/mol. The number of guanidine groups is 1. The molecule has 0 fully saturated rings. The van der Waals surface area contributed by atoms with E-state index in [0.29, 0.717) is 30.6 Å². The van der Waals surface area contributed by atoms with Crippen LogP contribution < -0.4 is 10.6 Å². The molecule has 126 valence electrons. The number of hydrogen-bond acceptors (Lipinski definition) is 3. The van der Waals surface area contributed by atoms with Crippen LogP contribution in [0.1, 0.15) is 19.4 Å². The van der Waals surface area contributed by atoms with E-state index in [-0.39, 0.29) is 35.5 Å². The Labute approximate surface area is 154 Å². The number of nitrogens with one attached hydrogen (secondary N) is 2. The topological polar surface area (TPSA) is 70.6 Å². The summed E-state index contributed by atoms with van der Waals surface area (Å²) in [5.74, 6) is 0.876. The first-order valence-electron chi connectivity index (χ1n) is 6.94. The Morgan fingerprint density at radius 2 is 1.82 bits per heavy atom. The lowest BCUT2D eigenvalue weighted by Gasteiger charge is -2.11. The molecule has 1 aromatic carbocycles. The monoisotopic (exact) mass is 459 g/mol. The summed E-state index contributed by atoms with van der Waals surface area (Å²) < 4.78 is 22.9. The third-order valence-corrected chi connectivity index (χ3v) is 4.78. The molecule has 0 saturated heterocycles. The van der Waals surface area contributed by atoms with Crippen LogP contribution in [0.25, 0.3) is 0 Å². The number of nitrogens with zero attached hydrogens (tertiary/aromatic N) is 1. The second-order valence-corrected chi connectivity index (χ2v) is 7.39. The molecule has 0 aliphatic rings. The van der Waals surface area contributed by atoms with E-state index in [1.165, 1.54) is 0 Å². The van der Waals surface area contributed by atoms with Crippen LogP contribution in [-0.4, -0.2) is 39.0 Å². The summed E-state index contributed by atoms with van der Waals surface area (Å²) in [4.78, 5) is 4.42. The van der Waals surface area contributed by atoms with E-state index in [0.717, 1.165) is 5.56 Å². The predicted molar refractivity (Wildman–Crippen MR) is 104 cm³/mol. The van der Waals surface area contributed by atoms with E-state index in [9.17, 15) is 8.42 Å². The van der Waals surface area contributed by atoms with E-state index in [1.54, 1.807) is 6.92 Å². The van der Waals surface area contributed by atoms with Gasteiger partial charge in [-0.3, -0.25) is 0 Å². The largest absolute Gasteiger partial charge is 0.357 e. The minimum absolute atomic E-state index is 0. The maximum atomic E-state index is 11.4. The Bertz CT molecular complexity index is 562. The van der Waals surface area contributed by atoms with E-state index >= 15 is 0 Å². The highest BCUT2D eigenvalue weighted by Gasteiger charge is 2.07. The lowest BCUT2D eigenvalue weighted by Crippen LogP contribution is -2.39. The number of benzene rings is 1. The first-order chi connectivity index (χ1) is 9.96. The first-order valence-corrected chi connectivity index (χ1v) is 9.14. The van der Waals surface area contributed by atoms with Crippen molar-refractivity contribution >= 4 is 51.4 Å². The van der Waals surface area contributed by atoms with Gasteiger partial charge in [0.25, 0.3) is 0 Å². The van der Waals surface area contributed by atoms with Crippen LogP contribution in [0.2, 0.25) is 5.02 Å². The van der Waals surface area contributed by atoms with Gasteiger partial charge in [-0.15, -0.1) is 24.0 Å². The number of aliphatic imine (C=N–C) groups is 1. The smallest absolute Gasteiger partial charge is 0.191 e. The number of sulfone groups is 1. The van der Waals surface area contributed by atoms with Gasteiger partial charge >= 0.3 is 0 Å². The average Bonchev–Trinajstić information content (AvgIpc) is 2.46. The summed E-state index contributed by atoms with van der Waals surface area (Å²) in [5, 5.41) is 6.81. The zero-order valence-electron chi connectivity index (χ0n) is 12.8. The minimum Gasteiger partial charge on any atom is -0.357 e. The quantitative estimate of drug-likeness (QED) is 0.373. The SMILES string of the molecule is CCNC(=NCc1ccc(Cl)cc1)NCCS(=O)(=O)CC.I. The van der Waals surface area contributed by atoms with Crippen molar-refractivity contribution in [3.63, 3.8) is 0 Å². The fourth-order valence-electron chi connectivity index (χ4n) is 1.57. The Morgan fingerprint density at radius 1 is 1.18 bits per heavy atom. The number of halogens is 2. The van der Waals surface area contributed by atoms with Crippen molar-refractivity contribution in [2.75, 3.05) is 24.6 Å². The molecule has 5 nitrogen and oxygen atoms in total. The Hall–Kier alpha value is -0.540. The predicted octanol–water partition coefficient (Wildman–Crippen LogP) is 2.45. The van der Waals surface area contributed by atoms with Crippen molar-refractivity contribution in [3.05, 3.63) is 34.9 Å². The minimum atomic E-state index is -2.96. The first kappa shape index (κ1) is 21.5. The molecule has 0 aliphatic heterocycles. The van der Waals surface area contributed by atoms with E-state index in [1.807, 2.05) is 31.2 Å². The molecule has 1 rings (SSSR count). The molecule has 0 atom stereocenters. The second kappa shape index (κ2) is 11.1. The van der Waals surface area contributed by atoms with Crippen molar-refractivity contribution in [1.29, 1.82) is 0 Å². The summed E-state index contributed by atoms with van der Waals surface area (Å²) in [7, 11) is -2.96. The van der Waals surface area contributed by atoms with E-state index in [4.69, 9.17) is 11.6 Å². The van der Waals surface area contributed by atoms with Crippen LogP contribution in [0, 0.1) is 0 Å². The summed E-state index contributed by atoms with van der Waals surface area (Å²) >= 11 is 5.83. The highest BCUT2D eigenvalue weighted by molar-refractivity contribution is 14.0. The van der Waals surface area contributed by atoms with Gasteiger partial charge in [0.1, 0.15) is 0 Å². The van der Waals surface area contributed by atoms with Crippen LogP contribution in [0.5, 0.6) is 0 Å². The zero-order chi connectivity index (χ0) is 15.7. The lowest BCUT2D eigenvalue weighted by atomic mass is 10.2. The van der Waals surface area contributed by atoms with Crippen LogP contribution in [0.4, 0.5) is 0 Å². The third-order valence-electron chi connectivity index (χ3n) is 2.82. The van der Waals surface area contributed by atoms with Crippen molar-refractivity contribution in [3.8, 4) is 0 Å². The molecule has 0 heterocycles. The second-order valence-electron chi connectivity index (χ2n) is 4.48. The standard InChI is InChI=1S/C14H22ClN3O2S.HI/c1-3-16-14(17-9-10-21(19,20)4-2)18-11-12-5-7-13(15)8-6-12;/h5-8H,3-4,9-11H2,1-2H3,(H2,16,17,18);1H. The number of hydrogen-bond donors (Lipinski definition) is 2. The van der Waals surface area contributed by atoms with E-state index < -0.39 is 9.84 Å². The fraction of sp³-hybridized carbons (Fsp3) is 0.500. The van der Waals surface area contributed by atoms with Crippen LogP contribution in [0.15, 0.2) is 29.3 Å². The Balaban J connectivity index is 0.00000441. The van der Waals surface area contributed by atoms with Crippen molar-refractivity contribution in [2.24, 2.45) is 4.99 Å². The van der Waals surface area contributed by atoms with E-state index in [2.05, 4.69) is 15.6 Å². The van der Waals surface area contributed by atoms with Crippen molar-refractivity contribution in [2.45, 2.75) is 20.4 Å². The maximum absolute atomic E-state index is 11.4. The van der Waals surface area contributed by atoms with Crippen molar-refractivity contribution < 1.29 is 8.42 Å². The molecule has 0 radical (unpaired) electrons. The van der Waals surface area contributed by atoms with Gasteiger partial charge in [0.15, 0.2) is 15.8 Å². The molecule has 0 amide bonds. The van der Waals surface area contributed by atoms with Gasteiger partial charge in [-0.2, -0.15) is 0 Å². The molecular formula is C14H23ClIN3O2S. The highest BCUT2D eigenvalue weighted by atomic mass is 127. The molecule has 2 N–H and O–H groups in total. The van der Waals surface area contributed by atoms with Gasteiger partial charge < -0.3 is 10.6 Å². The van der Waals surface area contributed by atoms with Gasteiger partial charge in [0.2, 0.25) is 0 Å². The van der Waals surface area contributed by atoms with Crippen LogP contribution >= 0.6 is 35.6 Å². The molecule has 0 bridgehead atoms. The summed E-state index contributed by atoms with van der Waals surface area (Å²) in [6.07, 6.45) is 0. The molecule has 0 unspecified atom stereocenters. The normalized spacial score (nSPS) is 11.7. The third kappa shape index (κ3) is 8.79. The van der Waals surface area contributed by atoms with Gasteiger partial charge in [-0.25, -0.2) is 13.4 Å². The lowest BCUT2D eigenvalue weighted by molar-refractivity contribution is 0.595. The highest BCUT2D eigenvalue weighted by Crippen LogP contribution is 2.10. The van der Waals surface area contributed by atoms with Crippen LogP contribution in [-0.2, 0) is 16.4 Å². The molecule has 1 aromatic rings. The molecule has 0 aliphatic carbocycles. The Morgan fingerprint density at radius 3 is 2.36 bits per heavy atom. The maximum Gasteiger partial charge on any atom is 0.191 e. The van der Waals surface area contributed by atoms with Crippen molar-refractivity contribution in [1.82, 2.24) is 10.6 Å². The van der Waals surface area contributed by atoms with Gasteiger partial charge in [-0.05, 0) is 24.6 Å².